The van der Waals surface area contributed by atoms with E-state index >= 15 is 0 Å². The van der Waals surface area contributed by atoms with E-state index in [2.05, 4.69) is 15.6 Å². The van der Waals surface area contributed by atoms with E-state index < -0.39 is 0 Å². The lowest BCUT2D eigenvalue weighted by molar-refractivity contribution is 0.752. The highest BCUT2D eigenvalue weighted by Gasteiger charge is 2.27. The molecule has 1 aromatic heterocycles. The minimum absolute atomic E-state index is 0.511. The number of hydrogen-bond acceptors (Lipinski definition) is 2. The normalized spacial score (nSPS) is 15.6. The number of nitriles is 1. The van der Waals surface area contributed by atoms with Gasteiger partial charge in [-0.15, -0.1) is 0 Å². The average molecular weight is 183 g/mol. The van der Waals surface area contributed by atoms with Crippen molar-refractivity contribution in [1.29, 1.82) is 5.26 Å². The molecular formula is C11H9N3. The van der Waals surface area contributed by atoms with Crippen molar-refractivity contribution in [1.82, 2.24) is 9.55 Å². The van der Waals surface area contributed by atoms with Gasteiger partial charge in [0.2, 0.25) is 5.82 Å². The van der Waals surface area contributed by atoms with Crippen molar-refractivity contribution in [3.8, 4) is 6.07 Å². The molecule has 0 bridgehead atoms. The second kappa shape index (κ2) is 2.58. The number of imidazole rings is 1. The summed E-state index contributed by atoms with van der Waals surface area (Å²) in [6.07, 6.45) is 2.35. The van der Waals surface area contributed by atoms with Crippen LogP contribution in [0.15, 0.2) is 24.3 Å². The van der Waals surface area contributed by atoms with Crippen molar-refractivity contribution in [2.75, 3.05) is 0 Å². The summed E-state index contributed by atoms with van der Waals surface area (Å²) in [7, 11) is 0. The van der Waals surface area contributed by atoms with Crippen LogP contribution in [0.3, 0.4) is 0 Å². The van der Waals surface area contributed by atoms with Gasteiger partial charge in [0.25, 0.3) is 0 Å². The number of fused-ring (bicyclic) bond motifs is 1. The zero-order chi connectivity index (χ0) is 9.54. The Kier molecular flexibility index (Phi) is 1.40. The Morgan fingerprint density at radius 3 is 2.86 bits per heavy atom. The summed E-state index contributed by atoms with van der Waals surface area (Å²) >= 11 is 0. The van der Waals surface area contributed by atoms with E-state index in [1.807, 2.05) is 24.3 Å². The Morgan fingerprint density at radius 2 is 2.14 bits per heavy atom. The lowest BCUT2D eigenvalue weighted by atomic mass is 10.3. The molecule has 14 heavy (non-hydrogen) atoms. The summed E-state index contributed by atoms with van der Waals surface area (Å²) in [5, 5.41) is 8.96. The first-order valence-corrected chi connectivity index (χ1v) is 4.77. The van der Waals surface area contributed by atoms with Gasteiger partial charge in [-0.25, -0.2) is 4.98 Å². The van der Waals surface area contributed by atoms with Crippen LogP contribution < -0.4 is 0 Å². The molecule has 0 spiro atoms. The van der Waals surface area contributed by atoms with Crippen LogP contribution in [-0.2, 0) is 0 Å². The monoisotopic (exact) mass is 183 g/mol. The van der Waals surface area contributed by atoms with E-state index in [1.165, 1.54) is 12.8 Å². The fourth-order valence-corrected chi connectivity index (χ4v) is 1.83. The van der Waals surface area contributed by atoms with Gasteiger partial charge in [0.05, 0.1) is 11.0 Å². The van der Waals surface area contributed by atoms with Gasteiger partial charge in [-0.1, -0.05) is 12.1 Å². The molecule has 3 nitrogen and oxygen atoms in total. The molecule has 0 unspecified atom stereocenters. The van der Waals surface area contributed by atoms with Crippen molar-refractivity contribution in [2.24, 2.45) is 0 Å². The lowest BCUT2D eigenvalue weighted by Crippen LogP contribution is -1.96. The van der Waals surface area contributed by atoms with E-state index in [-0.39, 0.29) is 0 Å². The average Bonchev–Trinajstić information content (AvgIpc) is 2.98. The zero-order valence-corrected chi connectivity index (χ0v) is 7.64. The molecule has 3 heteroatoms. The number of hydrogen-bond donors (Lipinski definition) is 0. The maximum atomic E-state index is 8.96. The maximum absolute atomic E-state index is 8.96. The Labute approximate surface area is 81.6 Å². The predicted molar refractivity (Wildman–Crippen MR) is 52.7 cm³/mol. The molecule has 0 radical (unpaired) electrons. The molecular weight excluding hydrogens is 174 g/mol. The molecule has 0 atom stereocenters. The molecule has 0 saturated heterocycles. The van der Waals surface area contributed by atoms with Crippen LogP contribution in [0.1, 0.15) is 24.7 Å². The zero-order valence-electron chi connectivity index (χ0n) is 7.64. The first kappa shape index (κ1) is 7.57. The number of rotatable bonds is 1. The highest BCUT2D eigenvalue weighted by molar-refractivity contribution is 5.76. The van der Waals surface area contributed by atoms with Crippen LogP contribution in [0.25, 0.3) is 11.0 Å². The van der Waals surface area contributed by atoms with Gasteiger partial charge in [0, 0.05) is 6.04 Å². The molecule has 68 valence electrons. The van der Waals surface area contributed by atoms with Crippen LogP contribution in [0, 0.1) is 11.3 Å². The highest BCUT2D eigenvalue weighted by atomic mass is 15.1. The summed E-state index contributed by atoms with van der Waals surface area (Å²) in [5.74, 6) is 0.550. The lowest BCUT2D eigenvalue weighted by Gasteiger charge is -2.00. The molecule has 0 amide bonds. The molecule has 3 rings (SSSR count). The van der Waals surface area contributed by atoms with Gasteiger partial charge in [0.15, 0.2) is 0 Å². The van der Waals surface area contributed by atoms with Crippen molar-refractivity contribution in [2.45, 2.75) is 18.9 Å². The Hall–Kier alpha value is -1.82. The predicted octanol–water partition coefficient (Wildman–Crippen LogP) is 2.24. The van der Waals surface area contributed by atoms with Crippen LogP contribution in [-0.4, -0.2) is 9.55 Å². The largest absolute Gasteiger partial charge is 0.312 e. The minimum Gasteiger partial charge on any atom is -0.312 e. The van der Waals surface area contributed by atoms with Gasteiger partial charge >= 0.3 is 0 Å². The first-order chi connectivity index (χ1) is 6.90. The van der Waals surface area contributed by atoms with E-state index in [4.69, 9.17) is 5.26 Å². The topological polar surface area (TPSA) is 41.6 Å². The molecule has 2 aromatic rings. The molecule has 1 aliphatic carbocycles. The van der Waals surface area contributed by atoms with Crippen molar-refractivity contribution in [3.05, 3.63) is 30.1 Å². The van der Waals surface area contributed by atoms with Crippen molar-refractivity contribution in [3.63, 3.8) is 0 Å². The summed E-state index contributed by atoms with van der Waals surface area (Å²) in [5.41, 5.74) is 2.02. The van der Waals surface area contributed by atoms with Crippen LogP contribution in [0.4, 0.5) is 0 Å². The van der Waals surface area contributed by atoms with Gasteiger partial charge in [-0.3, -0.25) is 0 Å². The van der Waals surface area contributed by atoms with Crippen LogP contribution in [0.5, 0.6) is 0 Å². The highest BCUT2D eigenvalue weighted by Crippen LogP contribution is 2.38. The van der Waals surface area contributed by atoms with E-state index in [9.17, 15) is 0 Å². The van der Waals surface area contributed by atoms with Crippen molar-refractivity contribution < 1.29 is 0 Å². The molecule has 1 fully saturated rings. The summed E-state index contributed by atoms with van der Waals surface area (Å²) < 4.78 is 2.06. The quantitative estimate of drug-likeness (QED) is 0.680. The number of aromatic nitrogens is 2. The molecule has 1 aromatic carbocycles. The Bertz CT molecular complexity index is 529. The smallest absolute Gasteiger partial charge is 0.214 e. The Balaban J connectivity index is 2.36. The SMILES string of the molecule is N#Cc1nc2ccccc2n1C1CC1. The first-order valence-electron chi connectivity index (χ1n) is 4.77. The van der Waals surface area contributed by atoms with Crippen LogP contribution >= 0.6 is 0 Å². The minimum atomic E-state index is 0.511. The molecule has 0 aliphatic heterocycles. The second-order valence-electron chi connectivity index (χ2n) is 3.64. The molecule has 0 N–H and O–H groups in total. The number of para-hydroxylation sites is 2. The van der Waals surface area contributed by atoms with E-state index in [0.717, 1.165) is 11.0 Å². The van der Waals surface area contributed by atoms with Gasteiger partial charge in [-0.2, -0.15) is 5.26 Å². The van der Waals surface area contributed by atoms with Crippen molar-refractivity contribution >= 4 is 11.0 Å². The van der Waals surface area contributed by atoms with Gasteiger partial charge < -0.3 is 4.57 Å². The summed E-state index contributed by atoms with van der Waals surface area (Å²) in [6, 6.07) is 10.6. The molecule has 1 heterocycles. The van der Waals surface area contributed by atoms with E-state index in [0.29, 0.717) is 11.9 Å². The molecule has 1 saturated carbocycles. The maximum Gasteiger partial charge on any atom is 0.214 e. The summed E-state index contributed by atoms with van der Waals surface area (Å²) in [4.78, 5) is 4.29. The number of benzene rings is 1. The third kappa shape index (κ3) is 0.942. The second-order valence-corrected chi connectivity index (χ2v) is 3.64. The van der Waals surface area contributed by atoms with Crippen LogP contribution in [0.2, 0.25) is 0 Å². The standard InChI is InChI=1S/C11H9N3/c12-7-11-13-9-3-1-2-4-10(9)14(11)8-5-6-8/h1-4,8H,5-6H2. The van der Waals surface area contributed by atoms with E-state index in [1.54, 1.807) is 0 Å². The fourth-order valence-electron chi connectivity index (χ4n) is 1.83. The summed E-state index contributed by atoms with van der Waals surface area (Å²) in [6.45, 7) is 0. The third-order valence-corrected chi connectivity index (χ3v) is 2.61. The number of nitrogens with zero attached hydrogens (tertiary/aromatic N) is 3. The fraction of sp³-hybridized carbons (Fsp3) is 0.273. The van der Waals surface area contributed by atoms with Gasteiger partial charge in [0.1, 0.15) is 6.07 Å². The van der Waals surface area contributed by atoms with Gasteiger partial charge in [-0.05, 0) is 25.0 Å². The third-order valence-electron chi connectivity index (χ3n) is 2.61. The molecule has 1 aliphatic rings. The Morgan fingerprint density at radius 1 is 1.36 bits per heavy atom.